The minimum atomic E-state index is -4.15. The molecule has 0 aromatic heterocycles. The van der Waals surface area contributed by atoms with Crippen LogP contribution in [0.2, 0.25) is 0 Å². The Morgan fingerprint density at radius 2 is 1.08 bits per heavy atom. The number of phosphoric acid groups is 1. The first-order valence-electron chi connectivity index (χ1n) is 15.8. The molecule has 1 N–H and O–H groups in total. The highest BCUT2D eigenvalue weighted by atomic mass is 31.2. The Hall–Kier alpha value is -3.25. The van der Waals surface area contributed by atoms with Gasteiger partial charge in [0.15, 0.2) is 6.29 Å². The molecular formula is C37H43O10P. The zero-order valence-corrected chi connectivity index (χ0v) is 28.0. The second-order valence-electron chi connectivity index (χ2n) is 11.3. The smallest absolute Gasteiger partial charge is 0.387 e. The maximum atomic E-state index is 14.0. The molecule has 1 fully saturated rings. The van der Waals surface area contributed by atoms with Gasteiger partial charge in [-0.15, -0.1) is 0 Å². The van der Waals surface area contributed by atoms with E-state index in [9.17, 15) is 9.67 Å². The quantitative estimate of drug-likeness (QED) is 0.0876. The zero-order valence-electron chi connectivity index (χ0n) is 27.1. The van der Waals surface area contributed by atoms with Gasteiger partial charge < -0.3 is 28.8 Å². The summed E-state index contributed by atoms with van der Waals surface area (Å²) in [7, 11) is -1.15. The minimum Gasteiger partial charge on any atom is -0.387 e. The van der Waals surface area contributed by atoms with E-state index in [0.717, 1.165) is 22.3 Å². The summed E-state index contributed by atoms with van der Waals surface area (Å²) in [6, 6.07) is 37.8. The van der Waals surface area contributed by atoms with Crippen LogP contribution in [0.15, 0.2) is 121 Å². The van der Waals surface area contributed by atoms with Gasteiger partial charge in [0.25, 0.3) is 0 Å². The van der Waals surface area contributed by atoms with E-state index in [1.807, 2.05) is 121 Å². The van der Waals surface area contributed by atoms with Crippen LogP contribution in [0, 0.1) is 0 Å². The van der Waals surface area contributed by atoms with E-state index in [-0.39, 0.29) is 33.0 Å². The number of methoxy groups -OCH3 is 2. The lowest BCUT2D eigenvalue weighted by Gasteiger charge is -2.32. The first-order chi connectivity index (χ1) is 23.5. The van der Waals surface area contributed by atoms with E-state index in [4.69, 9.17) is 37.3 Å². The van der Waals surface area contributed by atoms with Gasteiger partial charge in [-0.05, 0) is 22.3 Å². The lowest BCUT2D eigenvalue weighted by molar-refractivity contribution is -0.229. The van der Waals surface area contributed by atoms with Gasteiger partial charge in [0.2, 0.25) is 0 Å². The molecule has 0 amide bonds. The van der Waals surface area contributed by atoms with Gasteiger partial charge in [-0.25, -0.2) is 4.57 Å². The van der Waals surface area contributed by atoms with Crippen LogP contribution >= 0.6 is 7.82 Å². The van der Waals surface area contributed by atoms with E-state index in [2.05, 4.69) is 0 Å². The lowest BCUT2D eigenvalue weighted by atomic mass is 10.0. The van der Waals surface area contributed by atoms with Gasteiger partial charge in [-0.1, -0.05) is 121 Å². The van der Waals surface area contributed by atoms with Crippen LogP contribution in [0.4, 0.5) is 0 Å². The normalized spacial score (nSPS) is 20.2. The molecular weight excluding hydrogens is 635 g/mol. The number of phosphoric ester groups is 1. The SMILES string of the molecule is COC(OC)[C@@H](OCc1ccccc1)[C@H]1O[C@H](COP(=O)(OCc2ccccc2)OCc2ccccc2)[C@@H](O)[C@H]1OCc1ccccc1. The molecule has 0 spiro atoms. The van der Waals surface area contributed by atoms with Gasteiger partial charge >= 0.3 is 7.82 Å². The fourth-order valence-corrected chi connectivity index (χ4v) is 6.49. The predicted octanol–water partition coefficient (Wildman–Crippen LogP) is 6.46. The summed E-state index contributed by atoms with van der Waals surface area (Å²) in [5.41, 5.74) is 3.42. The van der Waals surface area contributed by atoms with E-state index >= 15 is 0 Å². The van der Waals surface area contributed by atoms with Crippen molar-refractivity contribution >= 4 is 7.82 Å². The van der Waals surface area contributed by atoms with Crippen LogP contribution in [-0.4, -0.2) is 62.7 Å². The summed E-state index contributed by atoms with van der Waals surface area (Å²) in [6.07, 6.45) is -5.61. The van der Waals surface area contributed by atoms with Crippen molar-refractivity contribution in [2.75, 3.05) is 20.8 Å². The van der Waals surface area contributed by atoms with Crippen LogP contribution in [0.3, 0.4) is 0 Å². The Morgan fingerprint density at radius 1 is 0.646 bits per heavy atom. The molecule has 0 bridgehead atoms. The molecule has 4 aromatic carbocycles. The van der Waals surface area contributed by atoms with Crippen molar-refractivity contribution in [3.05, 3.63) is 144 Å². The molecule has 11 heteroatoms. The second-order valence-corrected chi connectivity index (χ2v) is 12.9. The molecule has 4 aromatic rings. The van der Waals surface area contributed by atoms with Gasteiger partial charge in [-0.3, -0.25) is 13.6 Å². The Labute approximate surface area is 282 Å². The zero-order chi connectivity index (χ0) is 33.6. The summed E-state index contributed by atoms with van der Waals surface area (Å²) >= 11 is 0. The van der Waals surface area contributed by atoms with Crippen LogP contribution in [0.1, 0.15) is 22.3 Å². The van der Waals surface area contributed by atoms with Crippen LogP contribution in [0.25, 0.3) is 0 Å². The molecule has 5 atom stereocenters. The summed E-state index contributed by atoms with van der Waals surface area (Å²) in [5.74, 6) is 0. The first-order valence-corrected chi connectivity index (χ1v) is 17.3. The number of hydrogen-bond donors (Lipinski definition) is 1. The molecule has 1 aliphatic heterocycles. The summed E-state index contributed by atoms with van der Waals surface area (Å²) in [4.78, 5) is 0. The standard InChI is InChI=1S/C37H43O10P/c1-40-37(41-2)36(43-24-29-17-9-4-10-18-29)35-34(42-23-28-15-7-3-8-16-28)33(38)32(47-35)27-46-48(39,44-25-30-19-11-5-12-20-30)45-26-31-21-13-6-14-22-31/h3-22,32-38H,23-27H2,1-2H3/t32-,33-,34-,35+,36+/m1/s1. The molecule has 48 heavy (non-hydrogen) atoms. The molecule has 0 aliphatic carbocycles. The highest BCUT2D eigenvalue weighted by Crippen LogP contribution is 2.51. The van der Waals surface area contributed by atoms with Crippen molar-refractivity contribution < 1.29 is 46.9 Å². The molecule has 10 nitrogen and oxygen atoms in total. The van der Waals surface area contributed by atoms with Crippen molar-refractivity contribution in [2.45, 2.75) is 63.2 Å². The largest absolute Gasteiger partial charge is 0.475 e. The van der Waals surface area contributed by atoms with Crippen molar-refractivity contribution in [3.63, 3.8) is 0 Å². The average molecular weight is 679 g/mol. The highest BCUT2D eigenvalue weighted by Gasteiger charge is 2.51. The summed E-state index contributed by atoms with van der Waals surface area (Å²) in [6.45, 7) is 0.0914. The maximum Gasteiger partial charge on any atom is 0.475 e. The number of aliphatic hydroxyl groups excluding tert-OH is 1. The van der Waals surface area contributed by atoms with Crippen molar-refractivity contribution in [1.29, 1.82) is 0 Å². The average Bonchev–Trinajstić information content (AvgIpc) is 3.45. The molecule has 0 radical (unpaired) electrons. The fourth-order valence-electron chi connectivity index (χ4n) is 5.32. The first kappa shape index (κ1) is 36.0. The molecule has 5 rings (SSSR count). The molecule has 1 aliphatic rings. The molecule has 256 valence electrons. The third kappa shape index (κ3) is 10.4. The molecule has 1 saturated heterocycles. The van der Waals surface area contributed by atoms with Crippen molar-refractivity contribution in [3.8, 4) is 0 Å². The third-order valence-electron chi connectivity index (χ3n) is 7.86. The fraction of sp³-hybridized carbons (Fsp3) is 0.351. The molecule has 0 unspecified atom stereocenters. The van der Waals surface area contributed by atoms with Crippen LogP contribution < -0.4 is 0 Å². The van der Waals surface area contributed by atoms with Gasteiger partial charge in [-0.2, -0.15) is 0 Å². The second kappa shape index (κ2) is 18.5. The van der Waals surface area contributed by atoms with E-state index in [1.165, 1.54) is 14.2 Å². The van der Waals surface area contributed by atoms with Gasteiger partial charge in [0.05, 0.1) is 33.0 Å². The number of ether oxygens (including phenoxy) is 5. The molecule has 0 saturated carbocycles. The number of benzene rings is 4. The highest BCUT2D eigenvalue weighted by molar-refractivity contribution is 7.48. The summed E-state index contributed by atoms with van der Waals surface area (Å²) < 4.78 is 61.7. The van der Waals surface area contributed by atoms with Crippen LogP contribution in [-0.2, 0) is 68.2 Å². The van der Waals surface area contributed by atoms with Gasteiger partial charge in [0.1, 0.15) is 30.5 Å². The molecule has 1 heterocycles. The van der Waals surface area contributed by atoms with E-state index in [0.29, 0.717) is 0 Å². The Kier molecular flexibility index (Phi) is 13.9. The Balaban J connectivity index is 1.34. The van der Waals surface area contributed by atoms with E-state index in [1.54, 1.807) is 0 Å². The predicted molar refractivity (Wildman–Crippen MR) is 179 cm³/mol. The van der Waals surface area contributed by atoms with Crippen molar-refractivity contribution in [2.24, 2.45) is 0 Å². The number of rotatable bonds is 19. The maximum absolute atomic E-state index is 14.0. The lowest BCUT2D eigenvalue weighted by Crippen LogP contribution is -2.48. The number of hydrogen-bond acceptors (Lipinski definition) is 10. The monoisotopic (exact) mass is 678 g/mol. The van der Waals surface area contributed by atoms with Gasteiger partial charge in [0, 0.05) is 14.2 Å². The van der Waals surface area contributed by atoms with Crippen LogP contribution in [0.5, 0.6) is 0 Å². The summed E-state index contributed by atoms with van der Waals surface area (Å²) in [5, 5.41) is 11.6. The topological polar surface area (TPSA) is 111 Å². The minimum absolute atomic E-state index is 0.00875. The van der Waals surface area contributed by atoms with Crippen molar-refractivity contribution in [1.82, 2.24) is 0 Å². The Bertz CT molecular complexity index is 1460. The number of aliphatic hydroxyl groups is 1. The Morgan fingerprint density at radius 3 is 1.54 bits per heavy atom. The van der Waals surface area contributed by atoms with E-state index < -0.39 is 44.6 Å². The third-order valence-corrected chi connectivity index (χ3v) is 9.22.